The highest BCUT2D eigenvalue weighted by atomic mass is 32.1. The van der Waals surface area contributed by atoms with Crippen molar-refractivity contribution in [1.29, 1.82) is 0 Å². The number of benzene rings is 1. The fraction of sp³-hybridized carbons (Fsp3) is 0.280. The average molecular weight is 492 g/mol. The Hall–Kier alpha value is -3.92. The molecule has 2 N–H and O–H groups in total. The van der Waals surface area contributed by atoms with E-state index in [1.807, 2.05) is 24.4 Å². The van der Waals surface area contributed by atoms with Crippen molar-refractivity contribution in [3.05, 3.63) is 69.5 Å². The molecule has 0 atom stereocenters. The molecule has 9 nitrogen and oxygen atoms in total. The Morgan fingerprint density at radius 1 is 1.14 bits per heavy atom. The van der Waals surface area contributed by atoms with Gasteiger partial charge < -0.3 is 14.8 Å². The molecule has 0 bridgehead atoms. The van der Waals surface area contributed by atoms with Crippen molar-refractivity contribution in [2.45, 2.75) is 32.6 Å². The molecule has 0 saturated carbocycles. The number of nitrogens with zero attached hydrogens (tertiary/aromatic N) is 3. The molecule has 0 aliphatic heterocycles. The van der Waals surface area contributed by atoms with Crippen LogP contribution >= 0.6 is 11.3 Å². The van der Waals surface area contributed by atoms with Crippen molar-refractivity contribution in [2.75, 3.05) is 18.5 Å². The van der Waals surface area contributed by atoms with E-state index in [2.05, 4.69) is 20.4 Å². The van der Waals surface area contributed by atoms with Crippen molar-refractivity contribution >= 4 is 23.1 Å². The summed E-state index contributed by atoms with van der Waals surface area (Å²) in [5.41, 5.74) is 2.04. The Morgan fingerprint density at radius 2 is 1.91 bits per heavy atom. The number of rotatable bonds is 8. The summed E-state index contributed by atoms with van der Waals surface area (Å²) in [5, 5.41) is 9.44. The lowest BCUT2D eigenvalue weighted by Crippen LogP contribution is -2.26. The number of nitrogens with one attached hydrogen (secondary N) is 2. The molecule has 10 heteroatoms. The number of H-pyrrole nitrogens is 1. The third-order valence-electron chi connectivity index (χ3n) is 5.63. The van der Waals surface area contributed by atoms with Crippen LogP contribution < -0.4 is 20.3 Å². The van der Waals surface area contributed by atoms with Gasteiger partial charge in [-0.25, -0.2) is 4.98 Å². The molecule has 3 aromatic heterocycles. The van der Waals surface area contributed by atoms with Crippen LogP contribution in [0.4, 0.5) is 5.82 Å². The number of hydrogen-bond donors (Lipinski definition) is 2. The Labute approximate surface area is 205 Å². The first kappa shape index (κ1) is 22.9. The number of thiophene rings is 1. The summed E-state index contributed by atoms with van der Waals surface area (Å²) in [4.78, 5) is 33.9. The number of aryl methyl sites for hydroxylation is 1. The maximum absolute atomic E-state index is 12.7. The maximum Gasteiger partial charge on any atom is 0.263 e. The lowest BCUT2D eigenvalue weighted by molar-refractivity contribution is -0.118. The lowest BCUT2D eigenvalue weighted by Gasteiger charge is -2.15. The number of anilines is 1. The topological polar surface area (TPSA) is 111 Å². The Balaban J connectivity index is 1.38. The highest BCUT2D eigenvalue weighted by Crippen LogP contribution is 2.28. The zero-order valence-corrected chi connectivity index (χ0v) is 20.1. The minimum absolute atomic E-state index is 0.158. The molecule has 3 heterocycles. The Kier molecular flexibility index (Phi) is 6.62. The second-order valence-electron chi connectivity index (χ2n) is 8.07. The number of aromatic nitrogens is 4. The Morgan fingerprint density at radius 3 is 2.66 bits per heavy atom. The first-order valence-corrected chi connectivity index (χ1v) is 12.4. The van der Waals surface area contributed by atoms with E-state index in [0.717, 1.165) is 47.6 Å². The first-order chi connectivity index (χ1) is 17.1. The number of amides is 1. The summed E-state index contributed by atoms with van der Waals surface area (Å²) in [7, 11) is 0. The third-order valence-corrected chi connectivity index (χ3v) is 6.53. The van der Waals surface area contributed by atoms with Gasteiger partial charge in [0.15, 0.2) is 6.61 Å². The van der Waals surface area contributed by atoms with Crippen LogP contribution in [-0.2, 0) is 17.6 Å². The molecule has 0 radical (unpaired) electrons. The van der Waals surface area contributed by atoms with E-state index < -0.39 is 0 Å². The van der Waals surface area contributed by atoms with Gasteiger partial charge in [-0.05, 0) is 68.3 Å². The second kappa shape index (κ2) is 10.1. The summed E-state index contributed by atoms with van der Waals surface area (Å²) in [6.45, 7) is 2.30. The van der Waals surface area contributed by atoms with Crippen molar-refractivity contribution in [3.63, 3.8) is 0 Å². The SMILES string of the molecule is CCOc1ccc(OCC(=O)Nc2cc(-c3cccs3)nn2-c2nc3c(c(=O)[nH]2)CCCC3)cc1. The highest BCUT2D eigenvalue weighted by Gasteiger charge is 2.20. The van der Waals surface area contributed by atoms with Gasteiger partial charge in [0, 0.05) is 11.6 Å². The summed E-state index contributed by atoms with van der Waals surface area (Å²) < 4.78 is 12.5. The average Bonchev–Trinajstić information content (AvgIpc) is 3.54. The van der Waals surface area contributed by atoms with Gasteiger partial charge in [-0.3, -0.25) is 14.6 Å². The Bertz CT molecular complexity index is 1380. The quantitative estimate of drug-likeness (QED) is 0.386. The number of aromatic amines is 1. The van der Waals surface area contributed by atoms with Gasteiger partial charge in [0.25, 0.3) is 11.5 Å². The molecule has 4 aromatic rings. The molecule has 1 aromatic carbocycles. The highest BCUT2D eigenvalue weighted by molar-refractivity contribution is 7.13. The van der Waals surface area contributed by atoms with Gasteiger partial charge in [0.2, 0.25) is 5.95 Å². The number of hydrogen-bond acceptors (Lipinski definition) is 7. The molecule has 35 heavy (non-hydrogen) atoms. The predicted octanol–water partition coefficient (Wildman–Crippen LogP) is 3.98. The number of carbonyl (C=O) groups is 1. The molecular formula is C25H25N5O4S. The van der Waals surface area contributed by atoms with Crippen molar-refractivity contribution in [1.82, 2.24) is 19.7 Å². The van der Waals surface area contributed by atoms with Crippen LogP contribution in [0.1, 0.15) is 31.0 Å². The van der Waals surface area contributed by atoms with Crippen LogP contribution in [0.3, 0.4) is 0 Å². The zero-order chi connectivity index (χ0) is 24.2. The molecule has 0 fully saturated rings. The van der Waals surface area contributed by atoms with E-state index in [9.17, 15) is 9.59 Å². The lowest BCUT2D eigenvalue weighted by atomic mass is 9.97. The van der Waals surface area contributed by atoms with E-state index >= 15 is 0 Å². The number of ether oxygens (including phenoxy) is 2. The van der Waals surface area contributed by atoms with Crippen LogP contribution in [-0.4, -0.2) is 38.9 Å². The standard InChI is InChI=1S/C25H25N5O4S/c1-2-33-16-9-11-17(12-10-16)34-15-23(31)27-22-14-20(21-8-5-13-35-21)29-30(22)25-26-19-7-4-3-6-18(19)24(32)28-25/h5,8-14H,2-4,6-7,15H2,1H3,(H,27,31)(H,26,28,32). The summed E-state index contributed by atoms with van der Waals surface area (Å²) >= 11 is 1.53. The van der Waals surface area contributed by atoms with Crippen LogP contribution in [0.15, 0.2) is 52.6 Å². The van der Waals surface area contributed by atoms with Gasteiger partial charge in [0.05, 0.1) is 17.2 Å². The minimum atomic E-state index is -0.363. The first-order valence-electron chi connectivity index (χ1n) is 11.5. The third kappa shape index (κ3) is 5.12. The number of fused-ring (bicyclic) bond motifs is 1. The fourth-order valence-electron chi connectivity index (χ4n) is 3.99. The monoisotopic (exact) mass is 491 g/mol. The summed E-state index contributed by atoms with van der Waals surface area (Å²) in [6, 6.07) is 12.7. The van der Waals surface area contributed by atoms with E-state index in [1.165, 1.54) is 16.0 Å². The van der Waals surface area contributed by atoms with Gasteiger partial charge in [-0.15, -0.1) is 11.3 Å². The molecular weight excluding hydrogens is 466 g/mol. The summed E-state index contributed by atoms with van der Waals surface area (Å²) in [6.07, 6.45) is 3.46. The molecule has 0 unspecified atom stereocenters. The molecule has 1 amide bonds. The van der Waals surface area contributed by atoms with Crippen molar-refractivity contribution in [3.8, 4) is 28.0 Å². The summed E-state index contributed by atoms with van der Waals surface area (Å²) in [5.74, 6) is 1.60. The molecule has 0 saturated heterocycles. The zero-order valence-electron chi connectivity index (χ0n) is 19.2. The van der Waals surface area contributed by atoms with Crippen LogP contribution in [0, 0.1) is 0 Å². The molecule has 5 rings (SSSR count). The van der Waals surface area contributed by atoms with Gasteiger partial charge in [0.1, 0.15) is 23.0 Å². The van der Waals surface area contributed by atoms with Gasteiger partial charge >= 0.3 is 0 Å². The molecule has 180 valence electrons. The van der Waals surface area contributed by atoms with Crippen LogP contribution in [0.5, 0.6) is 11.5 Å². The largest absolute Gasteiger partial charge is 0.494 e. The second-order valence-corrected chi connectivity index (χ2v) is 9.01. The minimum Gasteiger partial charge on any atom is -0.494 e. The van der Waals surface area contributed by atoms with Crippen molar-refractivity contribution < 1.29 is 14.3 Å². The fourth-order valence-corrected chi connectivity index (χ4v) is 4.67. The van der Waals surface area contributed by atoms with E-state index in [-0.39, 0.29) is 24.0 Å². The molecule has 1 aliphatic carbocycles. The van der Waals surface area contributed by atoms with E-state index in [4.69, 9.17) is 9.47 Å². The van der Waals surface area contributed by atoms with E-state index in [0.29, 0.717) is 23.9 Å². The van der Waals surface area contributed by atoms with Gasteiger partial charge in [-0.1, -0.05) is 6.07 Å². The molecule has 0 spiro atoms. The smallest absolute Gasteiger partial charge is 0.263 e. The van der Waals surface area contributed by atoms with Crippen LogP contribution in [0.2, 0.25) is 0 Å². The molecule has 1 aliphatic rings. The van der Waals surface area contributed by atoms with Crippen molar-refractivity contribution in [2.24, 2.45) is 0 Å². The maximum atomic E-state index is 12.7. The number of carbonyl (C=O) groups excluding carboxylic acids is 1. The van der Waals surface area contributed by atoms with E-state index in [1.54, 1.807) is 30.3 Å². The van der Waals surface area contributed by atoms with Crippen LogP contribution in [0.25, 0.3) is 16.5 Å². The predicted molar refractivity (Wildman–Crippen MR) is 134 cm³/mol. The van der Waals surface area contributed by atoms with Gasteiger partial charge in [-0.2, -0.15) is 9.78 Å². The normalized spacial score (nSPS) is 12.7.